The third kappa shape index (κ3) is 6.29. The van der Waals surface area contributed by atoms with Crippen molar-refractivity contribution in [3.63, 3.8) is 0 Å². The fourth-order valence-electron chi connectivity index (χ4n) is 2.48. The van der Waals surface area contributed by atoms with E-state index in [4.69, 9.17) is 9.47 Å². The lowest BCUT2D eigenvalue weighted by molar-refractivity contribution is -0.123. The van der Waals surface area contributed by atoms with Gasteiger partial charge in [-0.1, -0.05) is 28.1 Å². The van der Waals surface area contributed by atoms with Gasteiger partial charge in [-0.25, -0.2) is 5.43 Å². The number of carbonyl (C=O) groups is 1. The second-order valence-corrected chi connectivity index (χ2v) is 6.56. The highest BCUT2D eigenvalue weighted by molar-refractivity contribution is 9.10. The molecular weight excluding hydrogens is 410 g/mol. The van der Waals surface area contributed by atoms with Crippen LogP contribution >= 0.6 is 15.9 Å². The summed E-state index contributed by atoms with van der Waals surface area (Å²) in [5.74, 6) is 0.691. The van der Waals surface area contributed by atoms with Crippen molar-refractivity contribution < 1.29 is 14.3 Å². The second kappa shape index (κ2) is 10.6. The molecule has 144 valence electrons. The predicted molar refractivity (Wildman–Crippen MR) is 112 cm³/mol. The lowest BCUT2D eigenvalue weighted by Crippen LogP contribution is -2.24. The first-order valence-corrected chi connectivity index (χ1v) is 9.49. The van der Waals surface area contributed by atoms with Crippen LogP contribution in [-0.2, 0) is 4.79 Å². The number of hydrogen-bond donors (Lipinski definition) is 1. The average molecular weight is 434 g/mol. The number of nitrogens with zero attached hydrogens (tertiary/aromatic N) is 2. The van der Waals surface area contributed by atoms with E-state index < -0.39 is 0 Å². The fourth-order valence-corrected chi connectivity index (χ4v) is 2.82. The zero-order valence-corrected chi connectivity index (χ0v) is 17.3. The molecule has 6 nitrogen and oxygen atoms in total. The molecule has 2 aromatic carbocycles. The first-order chi connectivity index (χ1) is 13.1. The summed E-state index contributed by atoms with van der Waals surface area (Å²) in [5, 5.41) is 3.97. The predicted octanol–water partition coefficient (Wildman–Crippen LogP) is 3.83. The number of halogens is 1. The number of hydrogen-bond acceptors (Lipinski definition) is 5. The van der Waals surface area contributed by atoms with Gasteiger partial charge in [0.2, 0.25) is 0 Å². The van der Waals surface area contributed by atoms with Crippen LogP contribution in [0.4, 0.5) is 5.69 Å². The van der Waals surface area contributed by atoms with Crippen LogP contribution < -0.4 is 19.8 Å². The third-order valence-electron chi connectivity index (χ3n) is 3.91. The molecule has 2 aromatic rings. The molecule has 0 radical (unpaired) electrons. The Morgan fingerprint density at radius 1 is 1.15 bits per heavy atom. The quantitative estimate of drug-likeness (QED) is 0.481. The molecule has 0 spiro atoms. The summed E-state index contributed by atoms with van der Waals surface area (Å²) in [6, 6.07) is 13.3. The Morgan fingerprint density at radius 2 is 1.85 bits per heavy atom. The molecule has 2 rings (SSSR count). The normalized spacial score (nSPS) is 10.7. The molecule has 0 fully saturated rings. The first kappa shape index (κ1) is 20.8. The minimum Gasteiger partial charge on any atom is -0.493 e. The number of anilines is 1. The summed E-state index contributed by atoms with van der Waals surface area (Å²) in [5.41, 5.74) is 4.52. The Kier molecular flexibility index (Phi) is 8.13. The van der Waals surface area contributed by atoms with E-state index in [1.165, 1.54) is 0 Å². The van der Waals surface area contributed by atoms with Gasteiger partial charge in [-0.05, 0) is 49.7 Å². The number of amides is 1. The molecule has 0 aliphatic rings. The smallest absolute Gasteiger partial charge is 0.277 e. The highest BCUT2D eigenvalue weighted by Gasteiger charge is 2.07. The molecular formula is C20H24BrN3O3. The SMILES string of the molecule is CCN(CC)c1ccc(/C=N\NC(=O)COc2ccc(Br)cc2OC)cc1. The molecule has 1 N–H and O–H groups in total. The molecule has 0 bridgehead atoms. The molecule has 0 aliphatic carbocycles. The van der Waals surface area contributed by atoms with Crippen molar-refractivity contribution in [2.24, 2.45) is 5.10 Å². The van der Waals surface area contributed by atoms with Crippen LogP contribution in [-0.4, -0.2) is 38.9 Å². The van der Waals surface area contributed by atoms with Crippen molar-refractivity contribution in [3.05, 3.63) is 52.5 Å². The number of hydrazone groups is 1. The highest BCUT2D eigenvalue weighted by Crippen LogP contribution is 2.30. The monoisotopic (exact) mass is 433 g/mol. The van der Waals surface area contributed by atoms with Gasteiger partial charge < -0.3 is 14.4 Å². The number of benzene rings is 2. The summed E-state index contributed by atoms with van der Waals surface area (Å²) >= 11 is 3.36. The standard InChI is InChI=1S/C20H24BrN3O3/c1-4-24(5-2)17-9-6-15(7-10-17)13-22-23-20(25)14-27-18-11-8-16(21)12-19(18)26-3/h6-13H,4-5,14H2,1-3H3,(H,23,25)/b22-13-. The van der Waals surface area contributed by atoms with Crippen molar-refractivity contribution in [1.82, 2.24) is 5.43 Å². The summed E-state index contributed by atoms with van der Waals surface area (Å²) in [6.45, 7) is 6.02. The van der Waals surface area contributed by atoms with Crippen LogP contribution in [0.1, 0.15) is 19.4 Å². The minimum absolute atomic E-state index is 0.157. The average Bonchev–Trinajstić information content (AvgIpc) is 2.69. The minimum atomic E-state index is -0.351. The van der Waals surface area contributed by atoms with Crippen molar-refractivity contribution in [3.8, 4) is 11.5 Å². The lowest BCUT2D eigenvalue weighted by Gasteiger charge is -2.20. The van der Waals surface area contributed by atoms with Crippen molar-refractivity contribution >= 4 is 33.7 Å². The third-order valence-corrected chi connectivity index (χ3v) is 4.40. The van der Waals surface area contributed by atoms with Crippen molar-refractivity contribution in [2.45, 2.75) is 13.8 Å². The maximum Gasteiger partial charge on any atom is 0.277 e. The van der Waals surface area contributed by atoms with E-state index in [0.29, 0.717) is 11.5 Å². The first-order valence-electron chi connectivity index (χ1n) is 8.70. The van der Waals surface area contributed by atoms with Crippen molar-refractivity contribution in [1.29, 1.82) is 0 Å². The van der Waals surface area contributed by atoms with Gasteiger partial charge in [0.1, 0.15) is 0 Å². The molecule has 0 atom stereocenters. The van der Waals surface area contributed by atoms with E-state index in [9.17, 15) is 4.79 Å². The zero-order chi connectivity index (χ0) is 19.6. The van der Waals surface area contributed by atoms with E-state index in [2.05, 4.69) is 45.2 Å². The maximum atomic E-state index is 11.9. The Bertz CT molecular complexity index is 775. The van der Waals surface area contributed by atoms with Crippen LogP contribution in [0.25, 0.3) is 0 Å². The van der Waals surface area contributed by atoms with Gasteiger partial charge in [0.15, 0.2) is 18.1 Å². The zero-order valence-electron chi connectivity index (χ0n) is 15.7. The molecule has 0 unspecified atom stereocenters. The van der Waals surface area contributed by atoms with Gasteiger partial charge in [0.05, 0.1) is 13.3 Å². The molecule has 27 heavy (non-hydrogen) atoms. The second-order valence-electron chi connectivity index (χ2n) is 5.64. The van der Waals surface area contributed by atoms with Gasteiger partial charge in [0.25, 0.3) is 5.91 Å². The molecule has 0 heterocycles. The maximum absolute atomic E-state index is 11.9. The summed E-state index contributed by atoms with van der Waals surface area (Å²) < 4.78 is 11.6. The summed E-state index contributed by atoms with van der Waals surface area (Å²) in [6.07, 6.45) is 1.60. The van der Waals surface area contributed by atoms with Crippen molar-refractivity contribution in [2.75, 3.05) is 31.7 Å². The van der Waals surface area contributed by atoms with Crippen LogP contribution in [0.2, 0.25) is 0 Å². The number of rotatable bonds is 9. The molecule has 1 amide bonds. The number of nitrogens with one attached hydrogen (secondary N) is 1. The Labute approximate surface area is 168 Å². The van der Waals surface area contributed by atoms with Crippen LogP contribution in [0.5, 0.6) is 11.5 Å². The van der Waals surface area contributed by atoms with E-state index in [1.54, 1.807) is 25.5 Å². The Morgan fingerprint density at radius 3 is 2.48 bits per heavy atom. The number of ether oxygens (including phenoxy) is 2. The lowest BCUT2D eigenvalue weighted by atomic mass is 10.2. The van der Waals surface area contributed by atoms with Crippen LogP contribution in [0, 0.1) is 0 Å². The Balaban J connectivity index is 1.84. The van der Waals surface area contributed by atoms with Crippen LogP contribution in [0.3, 0.4) is 0 Å². The highest BCUT2D eigenvalue weighted by atomic mass is 79.9. The van der Waals surface area contributed by atoms with E-state index in [0.717, 1.165) is 28.8 Å². The molecule has 0 saturated carbocycles. The molecule has 0 saturated heterocycles. The van der Waals surface area contributed by atoms with E-state index >= 15 is 0 Å². The van der Waals surface area contributed by atoms with Gasteiger partial charge in [0, 0.05) is 23.2 Å². The van der Waals surface area contributed by atoms with Gasteiger partial charge in [-0.3, -0.25) is 4.79 Å². The molecule has 7 heteroatoms. The molecule has 0 aliphatic heterocycles. The van der Waals surface area contributed by atoms with Crippen LogP contribution in [0.15, 0.2) is 52.0 Å². The van der Waals surface area contributed by atoms with E-state index in [-0.39, 0.29) is 12.5 Å². The van der Waals surface area contributed by atoms with Gasteiger partial charge in [-0.15, -0.1) is 0 Å². The largest absolute Gasteiger partial charge is 0.493 e. The van der Waals surface area contributed by atoms with Gasteiger partial charge in [-0.2, -0.15) is 5.10 Å². The number of methoxy groups -OCH3 is 1. The molecule has 0 aromatic heterocycles. The topological polar surface area (TPSA) is 63.2 Å². The summed E-state index contributed by atoms with van der Waals surface area (Å²) in [7, 11) is 1.55. The van der Waals surface area contributed by atoms with Gasteiger partial charge >= 0.3 is 0 Å². The summed E-state index contributed by atoms with van der Waals surface area (Å²) in [4.78, 5) is 14.1. The number of carbonyl (C=O) groups excluding carboxylic acids is 1. The Hall–Kier alpha value is -2.54. The van der Waals surface area contributed by atoms with E-state index in [1.807, 2.05) is 30.3 Å². The fraction of sp³-hybridized carbons (Fsp3) is 0.300.